The van der Waals surface area contributed by atoms with Crippen molar-refractivity contribution in [2.45, 2.75) is 39.7 Å². The number of amides is 4. The van der Waals surface area contributed by atoms with Crippen molar-refractivity contribution in [1.29, 1.82) is 0 Å². The molecule has 3 aromatic rings. The van der Waals surface area contributed by atoms with Crippen LogP contribution in [-0.4, -0.2) is 47.5 Å². The monoisotopic (exact) mass is 531 g/mol. The van der Waals surface area contributed by atoms with Gasteiger partial charge in [0, 0.05) is 38.0 Å². The SMILES string of the molecule is CCCCCN(Cc1ccc(C(=O)Nc2ccccc2NC(C)=O)nc1)C(=O)Nc1ccc2c(c1)OCCO2. The Kier molecular flexibility index (Phi) is 9.34. The zero-order valence-electron chi connectivity index (χ0n) is 22.2. The molecule has 39 heavy (non-hydrogen) atoms. The van der Waals surface area contributed by atoms with E-state index in [1.807, 2.05) is 0 Å². The molecule has 1 aliphatic heterocycles. The van der Waals surface area contributed by atoms with Gasteiger partial charge >= 0.3 is 6.03 Å². The van der Waals surface area contributed by atoms with Gasteiger partial charge in [-0.3, -0.25) is 14.6 Å². The van der Waals surface area contributed by atoms with Crippen LogP contribution in [0.4, 0.5) is 21.9 Å². The molecule has 1 aliphatic rings. The first-order valence-corrected chi connectivity index (χ1v) is 13.0. The van der Waals surface area contributed by atoms with Crippen LogP contribution in [0.5, 0.6) is 11.5 Å². The smallest absolute Gasteiger partial charge is 0.322 e. The number of nitrogens with one attached hydrogen (secondary N) is 3. The number of carbonyl (C=O) groups excluding carboxylic acids is 3. The van der Waals surface area contributed by atoms with E-state index in [-0.39, 0.29) is 17.6 Å². The molecular weight excluding hydrogens is 498 g/mol. The average Bonchev–Trinajstić information content (AvgIpc) is 2.93. The normalized spacial score (nSPS) is 11.8. The highest BCUT2D eigenvalue weighted by molar-refractivity contribution is 6.06. The molecule has 4 rings (SSSR count). The Morgan fingerprint density at radius 2 is 1.64 bits per heavy atom. The van der Waals surface area contributed by atoms with Crippen LogP contribution in [-0.2, 0) is 11.3 Å². The standard InChI is InChI=1S/C29H33N5O5/c1-3-4-7-14-34(29(37)32-22-11-13-26-27(17-22)39-16-15-38-26)19-21-10-12-25(30-18-21)28(36)33-24-9-6-5-8-23(24)31-20(2)35/h5-6,8-13,17-18H,3-4,7,14-16,19H2,1-2H3,(H,31,35)(H,32,37)(H,33,36). The molecule has 0 bridgehead atoms. The Balaban J connectivity index is 1.41. The average molecular weight is 532 g/mol. The number of rotatable bonds is 10. The van der Waals surface area contributed by atoms with Gasteiger partial charge in [0.15, 0.2) is 11.5 Å². The minimum atomic E-state index is -0.407. The summed E-state index contributed by atoms with van der Waals surface area (Å²) in [5, 5.41) is 8.43. The Labute approximate surface area is 227 Å². The van der Waals surface area contributed by atoms with Crippen LogP contribution >= 0.6 is 0 Å². The third kappa shape index (κ3) is 7.70. The lowest BCUT2D eigenvalue weighted by molar-refractivity contribution is -0.114. The van der Waals surface area contributed by atoms with Crippen LogP contribution in [0.25, 0.3) is 0 Å². The van der Waals surface area contributed by atoms with E-state index in [0.29, 0.717) is 54.9 Å². The molecule has 204 valence electrons. The predicted molar refractivity (Wildman–Crippen MR) is 149 cm³/mol. The van der Waals surface area contributed by atoms with Crippen molar-refractivity contribution in [1.82, 2.24) is 9.88 Å². The fraction of sp³-hybridized carbons (Fsp3) is 0.310. The summed E-state index contributed by atoms with van der Waals surface area (Å²) in [6, 6.07) is 15.4. The number of urea groups is 1. The van der Waals surface area contributed by atoms with Crippen molar-refractivity contribution in [3.05, 3.63) is 72.1 Å². The second-order valence-electron chi connectivity index (χ2n) is 9.15. The summed E-state index contributed by atoms with van der Waals surface area (Å²) in [6.07, 6.45) is 4.50. The quantitative estimate of drug-likeness (QED) is 0.306. The van der Waals surface area contributed by atoms with E-state index in [0.717, 1.165) is 24.8 Å². The van der Waals surface area contributed by atoms with Gasteiger partial charge < -0.3 is 30.3 Å². The number of benzene rings is 2. The molecule has 0 fully saturated rings. The Hall–Kier alpha value is -4.60. The van der Waals surface area contributed by atoms with Gasteiger partial charge in [0.05, 0.1) is 11.4 Å². The molecule has 0 saturated heterocycles. The molecular formula is C29H33N5O5. The summed E-state index contributed by atoms with van der Waals surface area (Å²) in [6.45, 7) is 5.40. The van der Waals surface area contributed by atoms with E-state index in [2.05, 4.69) is 27.9 Å². The number of anilines is 3. The van der Waals surface area contributed by atoms with Crippen molar-refractivity contribution in [3.8, 4) is 11.5 Å². The van der Waals surface area contributed by atoms with Crippen LogP contribution in [0.1, 0.15) is 49.2 Å². The van der Waals surface area contributed by atoms with Gasteiger partial charge in [-0.15, -0.1) is 0 Å². The van der Waals surface area contributed by atoms with Crippen molar-refractivity contribution >= 4 is 34.9 Å². The highest BCUT2D eigenvalue weighted by Gasteiger charge is 2.18. The molecule has 4 amide bonds. The summed E-state index contributed by atoms with van der Waals surface area (Å²) in [5.74, 6) is 0.624. The number of nitrogens with zero attached hydrogens (tertiary/aromatic N) is 2. The van der Waals surface area contributed by atoms with Crippen LogP contribution < -0.4 is 25.4 Å². The molecule has 10 heteroatoms. The lowest BCUT2D eigenvalue weighted by atomic mass is 10.2. The molecule has 3 N–H and O–H groups in total. The maximum atomic E-state index is 13.2. The Morgan fingerprint density at radius 3 is 2.33 bits per heavy atom. The highest BCUT2D eigenvalue weighted by atomic mass is 16.6. The van der Waals surface area contributed by atoms with E-state index < -0.39 is 5.91 Å². The molecule has 0 unspecified atom stereocenters. The lowest BCUT2D eigenvalue weighted by Crippen LogP contribution is -2.35. The van der Waals surface area contributed by atoms with Crippen LogP contribution in [0.15, 0.2) is 60.8 Å². The van der Waals surface area contributed by atoms with Gasteiger partial charge in [-0.1, -0.05) is 38.0 Å². The number of carbonyl (C=O) groups is 3. The van der Waals surface area contributed by atoms with Gasteiger partial charge in [-0.25, -0.2) is 4.79 Å². The van der Waals surface area contributed by atoms with Crippen molar-refractivity contribution in [2.75, 3.05) is 35.7 Å². The van der Waals surface area contributed by atoms with Crippen molar-refractivity contribution in [3.63, 3.8) is 0 Å². The third-order valence-corrected chi connectivity index (χ3v) is 6.03. The van der Waals surface area contributed by atoms with Gasteiger partial charge in [0.25, 0.3) is 5.91 Å². The number of hydrogen-bond acceptors (Lipinski definition) is 6. The van der Waals surface area contributed by atoms with E-state index in [1.54, 1.807) is 65.7 Å². The number of fused-ring (bicyclic) bond motifs is 1. The maximum Gasteiger partial charge on any atom is 0.322 e. The zero-order valence-corrected chi connectivity index (χ0v) is 22.2. The van der Waals surface area contributed by atoms with Crippen molar-refractivity contribution < 1.29 is 23.9 Å². The van der Waals surface area contributed by atoms with Gasteiger partial charge in [-0.05, 0) is 42.3 Å². The number of para-hydroxylation sites is 2. The zero-order chi connectivity index (χ0) is 27.6. The molecule has 2 aromatic carbocycles. The largest absolute Gasteiger partial charge is 0.486 e. The van der Waals surface area contributed by atoms with Crippen LogP contribution in [0.2, 0.25) is 0 Å². The summed E-state index contributed by atoms with van der Waals surface area (Å²) in [7, 11) is 0. The fourth-order valence-electron chi connectivity index (χ4n) is 4.08. The molecule has 1 aromatic heterocycles. The van der Waals surface area contributed by atoms with E-state index in [1.165, 1.54) is 6.92 Å². The Bertz CT molecular complexity index is 1310. The second kappa shape index (κ2) is 13.3. The van der Waals surface area contributed by atoms with Crippen LogP contribution in [0, 0.1) is 0 Å². The number of ether oxygens (including phenoxy) is 2. The van der Waals surface area contributed by atoms with E-state index in [9.17, 15) is 14.4 Å². The highest BCUT2D eigenvalue weighted by Crippen LogP contribution is 2.32. The van der Waals surface area contributed by atoms with Gasteiger partial charge in [0.2, 0.25) is 5.91 Å². The summed E-state index contributed by atoms with van der Waals surface area (Å²) in [5.41, 5.74) is 2.60. The summed E-state index contributed by atoms with van der Waals surface area (Å²) in [4.78, 5) is 43.5. The number of pyridine rings is 1. The number of aromatic nitrogens is 1. The van der Waals surface area contributed by atoms with E-state index in [4.69, 9.17) is 9.47 Å². The molecule has 0 atom stereocenters. The number of hydrogen-bond donors (Lipinski definition) is 3. The molecule has 10 nitrogen and oxygen atoms in total. The second-order valence-corrected chi connectivity index (χ2v) is 9.15. The lowest BCUT2D eigenvalue weighted by Gasteiger charge is -2.24. The minimum Gasteiger partial charge on any atom is -0.486 e. The van der Waals surface area contributed by atoms with E-state index >= 15 is 0 Å². The van der Waals surface area contributed by atoms with Crippen molar-refractivity contribution in [2.24, 2.45) is 0 Å². The first kappa shape index (κ1) is 27.4. The Morgan fingerprint density at radius 1 is 0.897 bits per heavy atom. The molecule has 0 aliphatic carbocycles. The topological polar surface area (TPSA) is 122 Å². The van der Waals surface area contributed by atoms with Gasteiger partial charge in [0.1, 0.15) is 18.9 Å². The number of unbranched alkanes of at least 4 members (excludes halogenated alkanes) is 2. The summed E-state index contributed by atoms with van der Waals surface area (Å²) < 4.78 is 11.2. The maximum absolute atomic E-state index is 13.2. The van der Waals surface area contributed by atoms with Crippen LogP contribution in [0.3, 0.4) is 0 Å². The third-order valence-electron chi connectivity index (χ3n) is 6.03. The molecule has 2 heterocycles. The molecule has 0 spiro atoms. The molecule has 0 saturated carbocycles. The van der Waals surface area contributed by atoms with Gasteiger partial charge in [-0.2, -0.15) is 0 Å². The fourth-order valence-corrected chi connectivity index (χ4v) is 4.08. The summed E-state index contributed by atoms with van der Waals surface area (Å²) >= 11 is 0. The minimum absolute atomic E-state index is 0.217. The first-order chi connectivity index (χ1) is 18.9. The first-order valence-electron chi connectivity index (χ1n) is 13.0. The molecule has 0 radical (unpaired) electrons. The predicted octanol–water partition coefficient (Wildman–Crippen LogP) is 5.29.